The third-order valence-corrected chi connectivity index (χ3v) is 2.47. The average molecular weight is 255 g/mol. The van der Waals surface area contributed by atoms with Crippen LogP contribution in [0.1, 0.15) is 5.56 Å². The summed E-state index contributed by atoms with van der Waals surface area (Å²) in [6.07, 6.45) is -4.33. The quantitative estimate of drug-likeness (QED) is 0.886. The SMILES string of the molecule is NCCNc1ccc2cc(C(F)(F)F)ccc2n1. The highest BCUT2D eigenvalue weighted by atomic mass is 19.4. The summed E-state index contributed by atoms with van der Waals surface area (Å²) in [5.74, 6) is 0.604. The molecule has 0 spiro atoms. The number of hydrogen-bond acceptors (Lipinski definition) is 3. The van der Waals surface area contributed by atoms with Gasteiger partial charge in [0.25, 0.3) is 0 Å². The third kappa shape index (κ3) is 2.70. The van der Waals surface area contributed by atoms with E-state index >= 15 is 0 Å². The number of halogens is 3. The first-order valence-electron chi connectivity index (χ1n) is 5.42. The monoisotopic (exact) mass is 255 g/mol. The highest BCUT2D eigenvalue weighted by Crippen LogP contribution is 2.31. The predicted octanol–water partition coefficient (Wildman–Crippen LogP) is 2.62. The van der Waals surface area contributed by atoms with Crippen molar-refractivity contribution in [3.63, 3.8) is 0 Å². The molecule has 0 fully saturated rings. The number of aromatic nitrogens is 1. The molecule has 0 saturated heterocycles. The molecule has 0 aliphatic rings. The lowest BCUT2D eigenvalue weighted by Gasteiger charge is -2.09. The Labute approximate surface area is 102 Å². The number of hydrogen-bond donors (Lipinski definition) is 2. The Morgan fingerprint density at radius 1 is 1.17 bits per heavy atom. The van der Waals surface area contributed by atoms with Crippen molar-refractivity contribution < 1.29 is 13.2 Å². The number of fused-ring (bicyclic) bond motifs is 1. The third-order valence-electron chi connectivity index (χ3n) is 2.47. The molecule has 0 unspecified atom stereocenters. The van der Waals surface area contributed by atoms with Gasteiger partial charge in [-0.15, -0.1) is 0 Å². The fourth-order valence-corrected chi connectivity index (χ4v) is 1.60. The zero-order chi connectivity index (χ0) is 13.2. The molecular formula is C12H12F3N3. The van der Waals surface area contributed by atoms with Crippen molar-refractivity contribution >= 4 is 16.7 Å². The Kier molecular flexibility index (Phi) is 3.38. The van der Waals surface area contributed by atoms with Gasteiger partial charge in [-0.1, -0.05) is 0 Å². The summed E-state index contributed by atoms with van der Waals surface area (Å²) in [5, 5.41) is 3.43. The van der Waals surface area contributed by atoms with Gasteiger partial charge in [0.15, 0.2) is 0 Å². The van der Waals surface area contributed by atoms with Crippen LogP contribution in [0.3, 0.4) is 0 Å². The molecule has 0 aliphatic heterocycles. The van der Waals surface area contributed by atoms with Gasteiger partial charge in [-0.25, -0.2) is 4.98 Å². The van der Waals surface area contributed by atoms with Crippen LogP contribution in [-0.2, 0) is 6.18 Å². The standard InChI is InChI=1S/C12H12F3N3/c13-12(14,15)9-2-3-10-8(7-9)1-4-11(18-10)17-6-5-16/h1-4,7H,5-6,16H2,(H,17,18). The molecule has 6 heteroatoms. The van der Waals surface area contributed by atoms with E-state index in [4.69, 9.17) is 5.73 Å². The number of benzene rings is 1. The molecule has 0 saturated carbocycles. The van der Waals surface area contributed by atoms with E-state index in [-0.39, 0.29) is 0 Å². The van der Waals surface area contributed by atoms with E-state index in [0.717, 1.165) is 12.1 Å². The van der Waals surface area contributed by atoms with Crippen molar-refractivity contribution in [2.24, 2.45) is 5.73 Å². The Balaban J connectivity index is 2.36. The summed E-state index contributed by atoms with van der Waals surface area (Å²) in [7, 11) is 0. The van der Waals surface area contributed by atoms with E-state index in [1.54, 1.807) is 12.1 Å². The highest BCUT2D eigenvalue weighted by Gasteiger charge is 2.30. The fourth-order valence-electron chi connectivity index (χ4n) is 1.60. The zero-order valence-corrected chi connectivity index (χ0v) is 9.46. The molecule has 3 N–H and O–H groups in total. The van der Waals surface area contributed by atoms with Crippen molar-refractivity contribution in [1.82, 2.24) is 4.98 Å². The number of nitrogens with one attached hydrogen (secondary N) is 1. The average Bonchev–Trinajstić information content (AvgIpc) is 2.34. The number of pyridine rings is 1. The largest absolute Gasteiger partial charge is 0.416 e. The van der Waals surface area contributed by atoms with Gasteiger partial charge >= 0.3 is 6.18 Å². The molecule has 96 valence electrons. The Morgan fingerprint density at radius 2 is 1.94 bits per heavy atom. The first-order chi connectivity index (χ1) is 8.50. The minimum atomic E-state index is -4.33. The van der Waals surface area contributed by atoms with Crippen LogP contribution in [0, 0.1) is 0 Å². The second-order valence-electron chi connectivity index (χ2n) is 3.82. The number of alkyl halides is 3. The summed E-state index contributed by atoms with van der Waals surface area (Å²) in [6, 6.07) is 6.73. The molecule has 2 aromatic rings. The van der Waals surface area contributed by atoms with Crippen molar-refractivity contribution in [2.75, 3.05) is 18.4 Å². The van der Waals surface area contributed by atoms with Crippen molar-refractivity contribution in [3.8, 4) is 0 Å². The van der Waals surface area contributed by atoms with Gasteiger partial charge in [-0.3, -0.25) is 0 Å². The van der Waals surface area contributed by atoms with Crippen LogP contribution in [0.4, 0.5) is 19.0 Å². The molecular weight excluding hydrogens is 243 g/mol. The predicted molar refractivity (Wildman–Crippen MR) is 64.3 cm³/mol. The van der Waals surface area contributed by atoms with E-state index in [1.165, 1.54) is 6.07 Å². The molecule has 1 aromatic carbocycles. The topological polar surface area (TPSA) is 50.9 Å². The second-order valence-corrected chi connectivity index (χ2v) is 3.82. The Morgan fingerprint density at radius 3 is 2.61 bits per heavy atom. The van der Waals surface area contributed by atoms with Crippen LogP contribution >= 0.6 is 0 Å². The van der Waals surface area contributed by atoms with Crippen molar-refractivity contribution in [1.29, 1.82) is 0 Å². The van der Waals surface area contributed by atoms with Crippen molar-refractivity contribution in [3.05, 3.63) is 35.9 Å². The second kappa shape index (κ2) is 4.81. The van der Waals surface area contributed by atoms with E-state index in [2.05, 4.69) is 10.3 Å². The lowest BCUT2D eigenvalue weighted by Crippen LogP contribution is -2.13. The highest BCUT2D eigenvalue weighted by molar-refractivity contribution is 5.81. The summed E-state index contributed by atoms with van der Waals surface area (Å²) >= 11 is 0. The van der Waals surface area contributed by atoms with Gasteiger partial charge in [0.2, 0.25) is 0 Å². The molecule has 1 heterocycles. The van der Waals surface area contributed by atoms with Crippen LogP contribution in [-0.4, -0.2) is 18.1 Å². The fraction of sp³-hybridized carbons (Fsp3) is 0.250. The molecule has 18 heavy (non-hydrogen) atoms. The minimum absolute atomic E-state index is 0.461. The Bertz CT molecular complexity index is 552. The van der Waals surface area contributed by atoms with Crippen LogP contribution in [0.5, 0.6) is 0 Å². The molecule has 0 radical (unpaired) electrons. The van der Waals surface area contributed by atoms with E-state index < -0.39 is 11.7 Å². The molecule has 0 bridgehead atoms. The van der Waals surface area contributed by atoms with Gasteiger partial charge in [0.05, 0.1) is 11.1 Å². The minimum Gasteiger partial charge on any atom is -0.369 e. The molecule has 0 atom stereocenters. The van der Waals surface area contributed by atoms with Gasteiger partial charge in [0.1, 0.15) is 5.82 Å². The first kappa shape index (κ1) is 12.6. The van der Waals surface area contributed by atoms with Crippen LogP contribution in [0.2, 0.25) is 0 Å². The summed E-state index contributed by atoms with van der Waals surface area (Å²) in [5.41, 5.74) is 5.19. The maximum Gasteiger partial charge on any atom is 0.416 e. The first-order valence-corrected chi connectivity index (χ1v) is 5.42. The Hall–Kier alpha value is -1.82. The maximum atomic E-state index is 12.5. The van der Waals surface area contributed by atoms with Gasteiger partial charge in [0, 0.05) is 18.5 Å². The molecule has 0 amide bonds. The lowest BCUT2D eigenvalue weighted by molar-refractivity contribution is -0.137. The summed E-state index contributed by atoms with van der Waals surface area (Å²) in [6.45, 7) is 1.03. The molecule has 1 aromatic heterocycles. The van der Waals surface area contributed by atoms with E-state index in [9.17, 15) is 13.2 Å². The van der Waals surface area contributed by atoms with Gasteiger partial charge in [-0.05, 0) is 30.3 Å². The molecule has 0 aliphatic carbocycles. The number of nitrogens with zero attached hydrogens (tertiary/aromatic N) is 1. The van der Waals surface area contributed by atoms with E-state index in [1.807, 2.05) is 0 Å². The molecule has 3 nitrogen and oxygen atoms in total. The van der Waals surface area contributed by atoms with Gasteiger partial charge in [-0.2, -0.15) is 13.2 Å². The van der Waals surface area contributed by atoms with Crippen LogP contribution < -0.4 is 11.1 Å². The van der Waals surface area contributed by atoms with E-state index in [0.29, 0.717) is 29.8 Å². The number of anilines is 1. The number of rotatable bonds is 3. The number of nitrogens with two attached hydrogens (primary N) is 1. The van der Waals surface area contributed by atoms with Crippen LogP contribution in [0.25, 0.3) is 10.9 Å². The van der Waals surface area contributed by atoms with Crippen LogP contribution in [0.15, 0.2) is 30.3 Å². The normalized spacial score (nSPS) is 11.8. The lowest BCUT2D eigenvalue weighted by atomic mass is 10.1. The maximum absolute atomic E-state index is 12.5. The summed E-state index contributed by atoms with van der Waals surface area (Å²) in [4.78, 5) is 4.20. The summed E-state index contributed by atoms with van der Waals surface area (Å²) < 4.78 is 37.5. The van der Waals surface area contributed by atoms with Gasteiger partial charge < -0.3 is 11.1 Å². The molecule has 2 rings (SSSR count). The zero-order valence-electron chi connectivity index (χ0n) is 9.46. The van der Waals surface area contributed by atoms with Crippen molar-refractivity contribution in [2.45, 2.75) is 6.18 Å². The smallest absolute Gasteiger partial charge is 0.369 e.